The van der Waals surface area contributed by atoms with Gasteiger partial charge in [0.1, 0.15) is 6.04 Å². The monoisotopic (exact) mass is 359 g/mol. The molecule has 0 aliphatic rings. The maximum Gasteiger partial charge on any atom is 0.312 e. The van der Waals surface area contributed by atoms with Gasteiger partial charge in [-0.05, 0) is 49.1 Å². The minimum Gasteiger partial charge on any atom is -0.352 e. The molecule has 1 rings (SSSR count). The maximum atomic E-state index is 12.1. The molecule has 7 heteroatoms. The number of anilines is 1. The van der Waals surface area contributed by atoms with Crippen LogP contribution < -0.4 is 16.4 Å². The molecule has 0 bridgehead atoms. The Morgan fingerprint density at radius 2 is 2.15 bits per heavy atom. The first-order valence-corrected chi connectivity index (χ1v) is 8.24. The normalized spacial score (nSPS) is 11.8. The SMILES string of the molecule is CSCC[C@H](NC(N)=O)C(=O)Nc1ccc(Br)c(C)c1. The van der Waals surface area contributed by atoms with Gasteiger partial charge in [-0.3, -0.25) is 4.79 Å². The molecule has 110 valence electrons. The van der Waals surface area contributed by atoms with E-state index < -0.39 is 12.1 Å². The highest BCUT2D eigenvalue weighted by atomic mass is 79.9. The number of benzene rings is 1. The zero-order valence-electron chi connectivity index (χ0n) is 11.4. The number of rotatable bonds is 6. The summed E-state index contributed by atoms with van der Waals surface area (Å²) in [5.74, 6) is 0.497. The molecule has 1 aromatic carbocycles. The summed E-state index contributed by atoms with van der Waals surface area (Å²) in [4.78, 5) is 23.1. The zero-order valence-corrected chi connectivity index (χ0v) is 13.8. The van der Waals surface area contributed by atoms with E-state index in [1.807, 2.05) is 25.3 Å². The van der Waals surface area contributed by atoms with Crippen LogP contribution in [0.15, 0.2) is 22.7 Å². The van der Waals surface area contributed by atoms with Gasteiger partial charge >= 0.3 is 6.03 Å². The minimum absolute atomic E-state index is 0.264. The third kappa shape index (κ3) is 5.42. The van der Waals surface area contributed by atoms with Gasteiger partial charge in [-0.25, -0.2) is 4.79 Å². The Morgan fingerprint density at radius 3 is 2.70 bits per heavy atom. The van der Waals surface area contributed by atoms with Gasteiger partial charge in [0.05, 0.1) is 0 Å². The largest absolute Gasteiger partial charge is 0.352 e. The lowest BCUT2D eigenvalue weighted by Crippen LogP contribution is -2.46. The average molecular weight is 360 g/mol. The van der Waals surface area contributed by atoms with Gasteiger partial charge in [0.2, 0.25) is 5.91 Å². The first-order chi connectivity index (χ1) is 9.43. The van der Waals surface area contributed by atoms with Crippen molar-refractivity contribution in [2.24, 2.45) is 5.73 Å². The van der Waals surface area contributed by atoms with Crippen LogP contribution in [0.1, 0.15) is 12.0 Å². The van der Waals surface area contributed by atoms with Gasteiger partial charge in [0.15, 0.2) is 0 Å². The highest BCUT2D eigenvalue weighted by Crippen LogP contribution is 2.20. The molecule has 3 amide bonds. The fourth-order valence-corrected chi connectivity index (χ4v) is 2.35. The number of hydrogen-bond acceptors (Lipinski definition) is 3. The molecule has 5 nitrogen and oxygen atoms in total. The van der Waals surface area contributed by atoms with Crippen molar-refractivity contribution in [3.05, 3.63) is 28.2 Å². The van der Waals surface area contributed by atoms with Crippen LogP contribution in [0.3, 0.4) is 0 Å². The summed E-state index contributed by atoms with van der Waals surface area (Å²) in [5.41, 5.74) is 6.81. The molecule has 0 radical (unpaired) electrons. The van der Waals surface area contributed by atoms with Gasteiger partial charge in [-0.15, -0.1) is 0 Å². The van der Waals surface area contributed by atoms with Crippen molar-refractivity contribution in [2.45, 2.75) is 19.4 Å². The first-order valence-electron chi connectivity index (χ1n) is 6.06. The van der Waals surface area contributed by atoms with E-state index in [4.69, 9.17) is 5.73 Å². The number of halogens is 1. The van der Waals surface area contributed by atoms with Crippen LogP contribution in [0.4, 0.5) is 10.5 Å². The van der Waals surface area contributed by atoms with Crippen LogP contribution in [0.2, 0.25) is 0 Å². The van der Waals surface area contributed by atoms with Crippen molar-refractivity contribution in [2.75, 3.05) is 17.3 Å². The summed E-state index contributed by atoms with van der Waals surface area (Å²) in [7, 11) is 0. The Bertz CT molecular complexity index is 497. The summed E-state index contributed by atoms with van der Waals surface area (Å²) in [6.45, 7) is 1.94. The topological polar surface area (TPSA) is 84.2 Å². The molecule has 4 N–H and O–H groups in total. The molecule has 1 aromatic rings. The number of thioether (sulfide) groups is 1. The number of amides is 3. The standard InChI is InChI=1S/C13H18BrN3O2S/c1-8-7-9(3-4-10(8)14)16-12(18)11(5-6-20-2)17-13(15)19/h3-4,7,11H,5-6H2,1-2H3,(H,16,18)(H3,15,17,19)/t11-/m0/s1. The van der Waals surface area contributed by atoms with Crippen molar-refractivity contribution >= 4 is 45.3 Å². The molecule has 0 saturated heterocycles. The zero-order chi connectivity index (χ0) is 15.1. The number of carbonyl (C=O) groups is 2. The van der Waals surface area contributed by atoms with Gasteiger partial charge in [-0.2, -0.15) is 11.8 Å². The van der Waals surface area contributed by atoms with Crippen LogP contribution in [0, 0.1) is 6.92 Å². The highest BCUT2D eigenvalue weighted by Gasteiger charge is 2.19. The Labute approximate surface area is 131 Å². The summed E-state index contributed by atoms with van der Waals surface area (Å²) in [5, 5.41) is 5.25. The quantitative estimate of drug-likeness (QED) is 0.729. The third-order valence-corrected chi connectivity index (χ3v) is 4.20. The Hall–Kier alpha value is -1.21. The number of nitrogens with two attached hydrogens (primary N) is 1. The lowest BCUT2D eigenvalue weighted by Gasteiger charge is -2.17. The number of carbonyl (C=O) groups excluding carboxylic acids is 2. The summed E-state index contributed by atoms with van der Waals surface area (Å²) in [6.07, 6.45) is 2.47. The van der Waals surface area contributed by atoms with E-state index in [-0.39, 0.29) is 5.91 Å². The Kier molecular flexibility index (Phi) is 6.87. The lowest BCUT2D eigenvalue weighted by molar-refractivity contribution is -0.117. The number of hydrogen-bond donors (Lipinski definition) is 3. The molecular weight excluding hydrogens is 342 g/mol. The number of aryl methyl sites for hydroxylation is 1. The third-order valence-electron chi connectivity index (χ3n) is 2.67. The smallest absolute Gasteiger partial charge is 0.312 e. The molecule has 0 heterocycles. The average Bonchev–Trinajstić information content (AvgIpc) is 2.38. The van der Waals surface area contributed by atoms with Gasteiger partial charge in [0, 0.05) is 10.2 Å². The fraction of sp³-hybridized carbons (Fsp3) is 0.385. The van der Waals surface area contributed by atoms with Crippen LogP contribution >= 0.6 is 27.7 Å². The molecule has 0 aliphatic heterocycles. The molecule has 0 fully saturated rings. The second-order valence-electron chi connectivity index (χ2n) is 4.30. The highest BCUT2D eigenvalue weighted by molar-refractivity contribution is 9.10. The van der Waals surface area contributed by atoms with E-state index in [0.717, 1.165) is 15.8 Å². The van der Waals surface area contributed by atoms with E-state index in [1.165, 1.54) is 0 Å². The van der Waals surface area contributed by atoms with E-state index >= 15 is 0 Å². The summed E-state index contributed by atoms with van der Waals surface area (Å²) in [6, 6.07) is 4.20. The van der Waals surface area contributed by atoms with E-state index in [9.17, 15) is 9.59 Å². The fourth-order valence-electron chi connectivity index (χ4n) is 1.63. The molecule has 0 spiro atoms. The molecule has 0 aliphatic carbocycles. The minimum atomic E-state index is -0.696. The number of nitrogens with one attached hydrogen (secondary N) is 2. The van der Waals surface area contributed by atoms with Crippen molar-refractivity contribution in [3.63, 3.8) is 0 Å². The van der Waals surface area contributed by atoms with Crippen LogP contribution in [-0.2, 0) is 4.79 Å². The van der Waals surface area contributed by atoms with E-state index in [0.29, 0.717) is 12.1 Å². The predicted molar refractivity (Wildman–Crippen MR) is 87.0 cm³/mol. The van der Waals surface area contributed by atoms with Crippen LogP contribution in [0.25, 0.3) is 0 Å². The molecule has 1 atom stereocenters. The van der Waals surface area contributed by atoms with E-state index in [2.05, 4.69) is 26.6 Å². The van der Waals surface area contributed by atoms with Gasteiger partial charge < -0.3 is 16.4 Å². The Morgan fingerprint density at radius 1 is 1.45 bits per heavy atom. The second kappa shape index (κ2) is 8.16. The maximum absolute atomic E-state index is 12.1. The molecule has 0 unspecified atom stereocenters. The van der Waals surface area contributed by atoms with E-state index in [1.54, 1.807) is 17.8 Å². The van der Waals surface area contributed by atoms with Crippen LogP contribution in [-0.4, -0.2) is 30.0 Å². The second-order valence-corrected chi connectivity index (χ2v) is 6.14. The van der Waals surface area contributed by atoms with Gasteiger partial charge in [0.25, 0.3) is 0 Å². The molecular formula is C13H18BrN3O2S. The van der Waals surface area contributed by atoms with Gasteiger partial charge in [-0.1, -0.05) is 15.9 Å². The first kappa shape index (κ1) is 16.8. The Balaban J connectivity index is 2.73. The number of urea groups is 1. The number of primary amides is 1. The predicted octanol–water partition coefficient (Wildman–Crippen LogP) is 2.49. The van der Waals surface area contributed by atoms with Crippen molar-refractivity contribution in [1.29, 1.82) is 0 Å². The van der Waals surface area contributed by atoms with Crippen molar-refractivity contribution in [1.82, 2.24) is 5.32 Å². The lowest BCUT2D eigenvalue weighted by atomic mass is 10.2. The summed E-state index contributed by atoms with van der Waals surface area (Å²) >= 11 is 5.01. The molecule has 20 heavy (non-hydrogen) atoms. The van der Waals surface area contributed by atoms with Crippen molar-refractivity contribution < 1.29 is 9.59 Å². The molecule has 0 aromatic heterocycles. The summed E-state index contributed by atoms with van der Waals surface area (Å²) < 4.78 is 0.977. The van der Waals surface area contributed by atoms with Crippen LogP contribution in [0.5, 0.6) is 0 Å². The van der Waals surface area contributed by atoms with Crippen molar-refractivity contribution in [3.8, 4) is 0 Å². The molecule has 0 saturated carbocycles.